The maximum Gasteiger partial charge on any atom is 0.114 e. The van der Waals surface area contributed by atoms with Crippen molar-refractivity contribution in [3.63, 3.8) is 0 Å². The van der Waals surface area contributed by atoms with Crippen LogP contribution in [-0.2, 0) is 0 Å². The minimum Gasteiger partial charge on any atom is -0.468 e. The molecule has 1 heterocycles. The zero-order valence-corrected chi connectivity index (χ0v) is 12.7. The lowest BCUT2D eigenvalue weighted by atomic mass is 10.0. The van der Waals surface area contributed by atoms with Crippen LogP contribution in [0.5, 0.6) is 0 Å². The summed E-state index contributed by atoms with van der Waals surface area (Å²) in [6.07, 6.45) is 2.63. The molecule has 1 aromatic carbocycles. The summed E-state index contributed by atoms with van der Waals surface area (Å²) in [5.41, 5.74) is 7.43. The van der Waals surface area contributed by atoms with Crippen LogP contribution in [0.2, 0.25) is 5.02 Å². The van der Waals surface area contributed by atoms with Gasteiger partial charge in [0.1, 0.15) is 5.76 Å². The molecule has 2 unspecified atom stereocenters. The Morgan fingerprint density at radius 3 is 2.74 bits per heavy atom. The summed E-state index contributed by atoms with van der Waals surface area (Å²) in [5, 5.41) is 0.926. The third-order valence-electron chi connectivity index (χ3n) is 3.10. The van der Waals surface area contributed by atoms with Gasteiger partial charge in [0.2, 0.25) is 0 Å². The van der Waals surface area contributed by atoms with Crippen LogP contribution in [0.4, 0.5) is 0 Å². The van der Waals surface area contributed by atoms with E-state index >= 15 is 0 Å². The standard InChI is InChI=1S/C15H18ClNOS/c1-3-13(17)15(11-5-4-6-12(16)9-11)19-14-7-8-18-10(14)2/h4-9,13,15H,3,17H2,1-2H3. The van der Waals surface area contributed by atoms with E-state index in [2.05, 4.69) is 13.0 Å². The molecule has 2 rings (SSSR count). The second kappa shape index (κ2) is 6.51. The number of hydrogen-bond acceptors (Lipinski definition) is 3. The molecular weight excluding hydrogens is 278 g/mol. The van der Waals surface area contributed by atoms with Crippen molar-refractivity contribution < 1.29 is 4.42 Å². The van der Waals surface area contributed by atoms with E-state index in [4.69, 9.17) is 21.8 Å². The molecule has 0 spiro atoms. The lowest BCUT2D eigenvalue weighted by Crippen LogP contribution is -2.25. The Morgan fingerprint density at radius 1 is 1.37 bits per heavy atom. The first-order valence-corrected chi connectivity index (χ1v) is 7.59. The molecule has 0 amide bonds. The molecule has 0 radical (unpaired) electrons. The number of nitrogens with two attached hydrogens (primary N) is 1. The quantitative estimate of drug-likeness (QED) is 0.804. The normalized spacial score (nSPS) is 14.3. The second-order valence-corrected chi connectivity index (χ2v) is 6.13. The molecule has 4 heteroatoms. The van der Waals surface area contributed by atoms with E-state index in [0.717, 1.165) is 27.7 Å². The zero-order chi connectivity index (χ0) is 13.8. The van der Waals surface area contributed by atoms with Crippen LogP contribution >= 0.6 is 23.4 Å². The highest BCUT2D eigenvalue weighted by Gasteiger charge is 2.21. The van der Waals surface area contributed by atoms with E-state index in [9.17, 15) is 0 Å². The molecule has 2 N–H and O–H groups in total. The van der Waals surface area contributed by atoms with E-state index in [1.807, 2.05) is 31.2 Å². The third-order valence-corrected chi connectivity index (χ3v) is 4.89. The first-order chi connectivity index (χ1) is 9.11. The summed E-state index contributed by atoms with van der Waals surface area (Å²) >= 11 is 7.82. The molecule has 0 saturated carbocycles. The maximum absolute atomic E-state index is 6.27. The molecule has 0 aliphatic carbocycles. The topological polar surface area (TPSA) is 39.2 Å². The molecular formula is C15H18ClNOS. The molecule has 0 fully saturated rings. The highest BCUT2D eigenvalue weighted by Crippen LogP contribution is 2.40. The van der Waals surface area contributed by atoms with Crippen molar-refractivity contribution in [2.45, 2.75) is 36.5 Å². The Balaban J connectivity index is 2.29. The first kappa shape index (κ1) is 14.5. The van der Waals surface area contributed by atoms with Gasteiger partial charge in [0.05, 0.1) is 6.26 Å². The fourth-order valence-corrected chi connectivity index (χ4v) is 3.40. The van der Waals surface area contributed by atoms with Gasteiger partial charge in [-0.1, -0.05) is 30.7 Å². The summed E-state index contributed by atoms with van der Waals surface area (Å²) in [6, 6.07) is 9.99. The average Bonchev–Trinajstić information content (AvgIpc) is 2.80. The molecule has 2 nitrogen and oxygen atoms in total. The number of halogens is 1. The van der Waals surface area contributed by atoms with Gasteiger partial charge >= 0.3 is 0 Å². The molecule has 0 saturated heterocycles. The van der Waals surface area contributed by atoms with Crippen LogP contribution in [0.3, 0.4) is 0 Å². The Kier molecular flexibility index (Phi) is 4.97. The van der Waals surface area contributed by atoms with Gasteiger partial charge in [-0.25, -0.2) is 0 Å². The molecule has 2 atom stereocenters. The third kappa shape index (κ3) is 3.56. The summed E-state index contributed by atoms with van der Waals surface area (Å²) < 4.78 is 5.35. The van der Waals surface area contributed by atoms with Gasteiger partial charge in [0, 0.05) is 21.2 Å². The van der Waals surface area contributed by atoms with Gasteiger partial charge in [-0.05, 0) is 37.1 Å². The van der Waals surface area contributed by atoms with E-state index in [0.29, 0.717) is 0 Å². The van der Waals surface area contributed by atoms with E-state index in [1.54, 1.807) is 18.0 Å². The Morgan fingerprint density at radius 2 is 2.16 bits per heavy atom. The van der Waals surface area contributed by atoms with Crippen LogP contribution in [-0.4, -0.2) is 6.04 Å². The highest BCUT2D eigenvalue weighted by molar-refractivity contribution is 7.99. The van der Waals surface area contributed by atoms with Gasteiger partial charge in [0.15, 0.2) is 0 Å². The molecule has 0 aliphatic rings. The number of hydrogen-bond donors (Lipinski definition) is 1. The van der Waals surface area contributed by atoms with Crippen molar-refractivity contribution >= 4 is 23.4 Å². The monoisotopic (exact) mass is 295 g/mol. The van der Waals surface area contributed by atoms with Crippen molar-refractivity contribution in [1.82, 2.24) is 0 Å². The largest absolute Gasteiger partial charge is 0.468 e. The smallest absolute Gasteiger partial charge is 0.114 e. The number of benzene rings is 1. The van der Waals surface area contributed by atoms with Crippen molar-refractivity contribution in [2.24, 2.45) is 5.73 Å². The van der Waals surface area contributed by atoms with Crippen LogP contribution < -0.4 is 5.73 Å². The molecule has 0 bridgehead atoms. The van der Waals surface area contributed by atoms with Gasteiger partial charge in [-0.2, -0.15) is 0 Å². The Hall–Kier alpha value is -0.900. The highest BCUT2D eigenvalue weighted by atomic mass is 35.5. The first-order valence-electron chi connectivity index (χ1n) is 6.33. The van der Waals surface area contributed by atoms with Gasteiger partial charge in [-0.15, -0.1) is 11.8 Å². The number of furan rings is 1. The molecule has 0 aliphatic heterocycles. The van der Waals surface area contributed by atoms with Crippen LogP contribution in [0, 0.1) is 6.92 Å². The van der Waals surface area contributed by atoms with Crippen LogP contribution in [0.1, 0.15) is 29.9 Å². The lowest BCUT2D eigenvalue weighted by Gasteiger charge is -2.22. The zero-order valence-electron chi connectivity index (χ0n) is 11.1. The van der Waals surface area contributed by atoms with Crippen molar-refractivity contribution in [2.75, 3.05) is 0 Å². The fourth-order valence-electron chi connectivity index (χ4n) is 1.93. The average molecular weight is 296 g/mol. The summed E-state index contributed by atoms with van der Waals surface area (Å²) in [4.78, 5) is 1.13. The fraction of sp³-hybridized carbons (Fsp3) is 0.333. The summed E-state index contributed by atoms with van der Waals surface area (Å²) in [5.74, 6) is 0.931. The molecule has 102 valence electrons. The predicted molar refractivity (Wildman–Crippen MR) is 81.8 cm³/mol. The summed E-state index contributed by atoms with van der Waals surface area (Å²) in [7, 11) is 0. The number of aryl methyl sites for hydroxylation is 1. The van der Waals surface area contributed by atoms with E-state index in [-0.39, 0.29) is 11.3 Å². The van der Waals surface area contributed by atoms with Gasteiger partial charge in [-0.3, -0.25) is 0 Å². The van der Waals surface area contributed by atoms with Crippen LogP contribution in [0.15, 0.2) is 45.9 Å². The second-order valence-electron chi connectivity index (χ2n) is 4.51. The SMILES string of the molecule is CCC(N)C(Sc1ccoc1C)c1cccc(Cl)c1. The minimum absolute atomic E-state index is 0.0813. The summed E-state index contributed by atoms with van der Waals surface area (Å²) in [6.45, 7) is 4.07. The lowest BCUT2D eigenvalue weighted by molar-refractivity contribution is 0.526. The van der Waals surface area contributed by atoms with Crippen molar-refractivity contribution in [1.29, 1.82) is 0 Å². The van der Waals surface area contributed by atoms with Gasteiger partial charge in [0.25, 0.3) is 0 Å². The Labute approximate surface area is 123 Å². The van der Waals surface area contributed by atoms with Crippen LogP contribution in [0.25, 0.3) is 0 Å². The van der Waals surface area contributed by atoms with E-state index < -0.39 is 0 Å². The number of thioether (sulfide) groups is 1. The van der Waals surface area contributed by atoms with E-state index in [1.165, 1.54) is 0 Å². The molecule has 2 aromatic rings. The number of rotatable bonds is 5. The minimum atomic E-state index is 0.0813. The van der Waals surface area contributed by atoms with Crippen molar-refractivity contribution in [3.8, 4) is 0 Å². The maximum atomic E-state index is 6.27. The Bertz CT molecular complexity index is 540. The van der Waals surface area contributed by atoms with Crippen molar-refractivity contribution in [3.05, 3.63) is 52.9 Å². The molecule has 19 heavy (non-hydrogen) atoms. The van der Waals surface area contributed by atoms with Gasteiger partial charge < -0.3 is 10.2 Å². The predicted octanol–water partition coefficient (Wildman–Crippen LogP) is 4.81. The molecule has 1 aromatic heterocycles.